The van der Waals surface area contributed by atoms with Crippen molar-refractivity contribution in [3.63, 3.8) is 0 Å². The molecule has 0 spiro atoms. The highest BCUT2D eigenvalue weighted by Crippen LogP contribution is 2.20. The third-order valence-electron chi connectivity index (χ3n) is 2.88. The van der Waals surface area contributed by atoms with Gasteiger partial charge in [-0.3, -0.25) is 9.36 Å². The lowest BCUT2D eigenvalue weighted by atomic mass is 10.2. The molecule has 88 valence electrons. The quantitative estimate of drug-likeness (QED) is 0.834. The lowest BCUT2D eigenvalue weighted by molar-refractivity contribution is 0.0449. The van der Waals surface area contributed by atoms with Crippen LogP contribution in [0.2, 0.25) is 0 Å². The lowest BCUT2D eigenvalue weighted by Crippen LogP contribution is -2.28. The first kappa shape index (κ1) is 11.8. The van der Waals surface area contributed by atoms with Crippen LogP contribution in [0.5, 0.6) is 0 Å². The minimum absolute atomic E-state index is 0.0318. The molecule has 1 aliphatic rings. The Labute approximate surface area is 103 Å². The van der Waals surface area contributed by atoms with Gasteiger partial charge in [0.05, 0.1) is 30.8 Å². The van der Waals surface area contributed by atoms with Crippen LogP contribution in [0.15, 0.2) is 15.6 Å². The molecule has 1 aliphatic heterocycles. The first-order chi connectivity index (χ1) is 7.58. The largest absolute Gasteiger partial charge is 0.373 e. The Morgan fingerprint density at radius 3 is 3.00 bits per heavy atom. The van der Waals surface area contributed by atoms with Crippen LogP contribution in [0.25, 0.3) is 0 Å². The van der Waals surface area contributed by atoms with Crippen LogP contribution >= 0.6 is 15.9 Å². The van der Waals surface area contributed by atoms with Crippen molar-refractivity contribution >= 4 is 15.9 Å². The molecule has 4 nitrogen and oxygen atoms in total. The maximum atomic E-state index is 11.9. The number of hydrogen-bond acceptors (Lipinski definition) is 3. The zero-order chi connectivity index (χ0) is 11.7. The zero-order valence-corrected chi connectivity index (χ0v) is 11.0. The number of halogens is 1. The number of nitrogens with zero attached hydrogens (tertiary/aromatic N) is 2. The van der Waals surface area contributed by atoms with E-state index in [1.54, 1.807) is 10.9 Å². The number of rotatable bonds is 2. The summed E-state index contributed by atoms with van der Waals surface area (Å²) in [6, 6.07) is 0. The summed E-state index contributed by atoms with van der Waals surface area (Å²) in [6.07, 6.45) is 4.12. The van der Waals surface area contributed by atoms with Gasteiger partial charge in [0.15, 0.2) is 0 Å². The Hall–Kier alpha value is -0.680. The highest BCUT2D eigenvalue weighted by Gasteiger charge is 2.22. The van der Waals surface area contributed by atoms with Crippen molar-refractivity contribution < 1.29 is 4.74 Å². The topological polar surface area (TPSA) is 44.1 Å². The molecule has 5 heteroatoms. The van der Waals surface area contributed by atoms with Gasteiger partial charge in [-0.1, -0.05) is 0 Å². The molecule has 0 amide bonds. The summed E-state index contributed by atoms with van der Waals surface area (Å²) in [7, 11) is 0. The van der Waals surface area contributed by atoms with Gasteiger partial charge in [0, 0.05) is 0 Å². The Balaban J connectivity index is 2.16. The molecule has 2 unspecified atom stereocenters. The van der Waals surface area contributed by atoms with E-state index in [1.807, 2.05) is 6.92 Å². The standard InChI is InChI=1S/C11H15BrN2O2/c1-7-3-4-9(16-7)5-14-6-13-8(2)10(12)11(14)15/h6-7,9H,3-5H2,1-2H3. The second-order valence-electron chi connectivity index (χ2n) is 4.25. The fourth-order valence-corrected chi connectivity index (χ4v) is 2.25. The summed E-state index contributed by atoms with van der Waals surface area (Å²) < 4.78 is 7.84. The summed E-state index contributed by atoms with van der Waals surface area (Å²) in [5.74, 6) is 0. The van der Waals surface area contributed by atoms with Crippen molar-refractivity contribution in [3.8, 4) is 0 Å². The summed E-state index contributed by atoms with van der Waals surface area (Å²) >= 11 is 3.25. The lowest BCUT2D eigenvalue weighted by Gasteiger charge is -2.13. The average Bonchev–Trinajstić information content (AvgIpc) is 2.65. The van der Waals surface area contributed by atoms with E-state index in [0.29, 0.717) is 17.1 Å². The fourth-order valence-electron chi connectivity index (χ4n) is 1.92. The third kappa shape index (κ3) is 2.35. The molecule has 0 N–H and O–H groups in total. The molecule has 0 aliphatic carbocycles. The highest BCUT2D eigenvalue weighted by molar-refractivity contribution is 9.10. The zero-order valence-electron chi connectivity index (χ0n) is 9.44. The van der Waals surface area contributed by atoms with Crippen LogP contribution < -0.4 is 5.56 Å². The normalized spacial score (nSPS) is 24.9. The predicted octanol–water partition coefficient (Wildman–Crippen LogP) is 1.88. The van der Waals surface area contributed by atoms with Gasteiger partial charge < -0.3 is 4.74 Å². The molecule has 1 fully saturated rings. The van der Waals surface area contributed by atoms with Crippen LogP contribution in [0.3, 0.4) is 0 Å². The van der Waals surface area contributed by atoms with Gasteiger partial charge in [0.1, 0.15) is 4.47 Å². The maximum absolute atomic E-state index is 11.9. The minimum atomic E-state index is -0.0318. The van der Waals surface area contributed by atoms with Gasteiger partial charge in [-0.15, -0.1) is 0 Å². The van der Waals surface area contributed by atoms with E-state index in [9.17, 15) is 4.79 Å². The number of aromatic nitrogens is 2. The molecule has 2 heterocycles. The van der Waals surface area contributed by atoms with Crippen molar-refractivity contribution in [2.24, 2.45) is 0 Å². The second kappa shape index (κ2) is 4.67. The monoisotopic (exact) mass is 286 g/mol. The van der Waals surface area contributed by atoms with E-state index in [2.05, 4.69) is 27.8 Å². The van der Waals surface area contributed by atoms with Crippen LogP contribution in [0, 0.1) is 6.92 Å². The third-order valence-corrected chi connectivity index (χ3v) is 3.79. The summed E-state index contributed by atoms with van der Waals surface area (Å²) in [4.78, 5) is 16.0. The number of aryl methyl sites for hydroxylation is 1. The first-order valence-electron chi connectivity index (χ1n) is 5.45. The summed E-state index contributed by atoms with van der Waals surface area (Å²) in [6.45, 7) is 4.46. The summed E-state index contributed by atoms with van der Waals surface area (Å²) in [5.41, 5.74) is 0.692. The van der Waals surface area contributed by atoms with Gasteiger partial charge in [-0.2, -0.15) is 0 Å². The highest BCUT2D eigenvalue weighted by atomic mass is 79.9. The Morgan fingerprint density at radius 2 is 2.38 bits per heavy atom. The maximum Gasteiger partial charge on any atom is 0.267 e. The van der Waals surface area contributed by atoms with Crippen molar-refractivity contribution in [2.75, 3.05) is 0 Å². The van der Waals surface area contributed by atoms with E-state index in [0.717, 1.165) is 18.5 Å². The molecule has 0 radical (unpaired) electrons. The molecule has 2 atom stereocenters. The van der Waals surface area contributed by atoms with Crippen LogP contribution in [-0.2, 0) is 11.3 Å². The van der Waals surface area contributed by atoms with E-state index >= 15 is 0 Å². The van der Waals surface area contributed by atoms with Crippen LogP contribution in [0.4, 0.5) is 0 Å². The van der Waals surface area contributed by atoms with E-state index in [1.165, 1.54) is 0 Å². The molecule has 0 aromatic carbocycles. The first-order valence-corrected chi connectivity index (χ1v) is 6.24. The predicted molar refractivity (Wildman–Crippen MR) is 64.5 cm³/mol. The molecule has 2 rings (SSSR count). The average molecular weight is 287 g/mol. The smallest absolute Gasteiger partial charge is 0.267 e. The van der Waals surface area contributed by atoms with Gasteiger partial charge in [0.2, 0.25) is 0 Å². The van der Waals surface area contributed by atoms with E-state index in [4.69, 9.17) is 4.74 Å². The van der Waals surface area contributed by atoms with Crippen molar-refractivity contribution in [1.29, 1.82) is 0 Å². The molecule has 1 aromatic heterocycles. The van der Waals surface area contributed by atoms with Crippen molar-refractivity contribution in [1.82, 2.24) is 9.55 Å². The van der Waals surface area contributed by atoms with Gasteiger partial charge in [-0.05, 0) is 42.6 Å². The van der Waals surface area contributed by atoms with Crippen molar-refractivity contribution in [3.05, 3.63) is 26.8 Å². The molecule has 0 bridgehead atoms. The molecular formula is C11H15BrN2O2. The van der Waals surface area contributed by atoms with Gasteiger partial charge in [0.25, 0.3) is 5.56 Å². The van der Waals surface area contributed by atoms with Gasteiger partial charge in [-0.25, -0.2) is 4.98 Å². The van der Waals surface area contributed by atoms with Gasteiger partial charge >= 0.3 is 0 Å². The number of hydrogen-bond donors (Lipinski definition) is 0. The van der Waals surface area contributed by atoms with E-state index < -0.39 is 0 Å². The molecular weight excluding hydrogens is 272 g/mol. The van der Waals surface area contributed by atoms with Crippen LogP contribution in [0.1, 0.15) is 25.5 Å². The molecule has 1 aromatic rings. The number of ether oxygens (including phenoxy) is 1. The summed E-state index contributed by atoms with van der Waals surface area (Å²) in [5, 5.41) is 0. The SMILES string of the molecule is Cc1ncn(CC2CCC(C)O2)c(=O)c1Br. The second-order valence-corrected chi connectivity index (χ2v) is 5.04. The van der Waals surface area contributed by atoms with E-state index in [-0.39, 0.29) is 11.7 Å². The minimum Gasteiger partial charge on any atom is -0.373 e. The molecule has 1 saturated heterocycles. The Morgan fingerprint density at radius 1 is 1.62 bits per heavy atom. The fraction of sp³-hybridized carbons (Fsp3) is 0.636. The Kier molecular flexibility index (Phi) is 3.44. The van der Waals surface area contributed by atoms with Crippen LogP contribution in [-0.4, -0.2) is 21.8 Å². The molecule has 16 heavy (non-hydrogen) atoms. The van der Waals surface area contributed by atoms with Crippen molar-refractivity contribution in [2.45, 2.75) is 45.4 Å². The Bertz CT molecular complexity index is 444. The molecule has 0 saturated carbocycles.